The Balaban J connectivity index is 1.52. The van der Waals surface area contributed by atoms with Crippen LogP contribution in [-0.2, 0) is 18.3 Å². The highest BCUT2D eigenvalue weighted by Gasteiger charge is 2.18. The summed E-state index contributed by atoms with van der Waals surface area (Å²) in [5.41, 5.74) is 3.00. The molecule has 3 heterocycles. The monoisotopic (exact) mass is 454 g/mol. The van der Waals surface area contributed by atoms with E-state index in [2.05, 4.69) is 9.84 Å². The van der Waals surface area contributed by atoms with Crippen molar-refractivity contribution < 1.29 is 18.3 Å². The smallest absolute Gasteiger partial charge is 0.387 e. The van der Waals surface area contributed by atoms with Crippen molar-refractivity contribution in [3.8, 4) is 16.9 Å². The predicted octanol–water partition coefficient (Wildman–Crippen LogP) is 4.20. The molecule has 1 aliphatic rings. The third-order valence-corrected chi connectivity index (χ3v) is 6.17. The fraction of sp³-hybridized carbons (Fsp3) is 0.333. The number of ether oxygens (including phenoxy) is 2. The summed E-state index contributed by atoms with van der Waals surface area (Å²) in [6.07, 6.45) is 5.71. The molecule has 0 spiro atoms. The molecule has 0 unspecified atom stereocenters. The van der Waals surface area contributed by atoms with Crippen LogP contribution in [0.4, 0.5) is 8.78 Å². The fourth-order valence-corrected chi connectivity index (χ4v) is 4.39. The number of para-hydroxylation sites is 1. The van der Waals surface area contributed by atoms with Gasteiger partial charge in [0.25, 0.3) is 5.56 Å². The van der Waals surface area contributed by atoms with E-state index in [9.17, 15) is 13.6 Å². The average Bonchev–Trinajstić information content (AvgIpc) is 3.40. The Hall–Kier alpha value is -3.46. The first-order chi connectivity index (χ1) is 16.0. The molecule has 2 aromatic carbocycles. The lowest BCUT2D eigenvalue weighted by molar-refractivity contribution is -0.0505. The van der Waals surface area contributed by atoms with E-state index in [0.29, 0.717) is 22.5 Å². The van der Waals surface area contributed by atoms with E-state index in [1.54, 1.807) is 36.0 Å². The van der Waals surface area contributed by atoms with Gasteiger partial charge in [0.2, 0.25) is 0 Å². The van der Waals surface area contributed by atoms with Gasteiger partial charge in [0.15, 0.2) is 0 Å². The minimum Gasteiger partial charge on any atom is -0.434 e. The van der Waals surface area contributed by atoms with Crippen molar-refractivity contribution in [2.45, 2.75) is 32.0 Å². The fourth-order valence-electron chi connectivity index (χ4n) is 4.39. The topological polar surface area (TPSA) is 63.2 Å². The summed E-state index contributed by atoms with van der Waals surface area (Å²) in [6, 6.07) is 12.6. The number of rotatable bonds is 6. The van der Waals surface area contributed by atoms with Crippen LogP contribution in [0.1, 0.15) is 24.4 Å². The van der Waals surface area contributed by atoms with Crippen LogP contribution < -0.4 is 10.3 Å². The number of hydrogen-bond acceptors (Lipinski definition) is 4. The minimum atomic E-state index is -2.92. The van der Waals surface area contributed by atoms with E-state index in [1.807, 2.05) is 29.2 Å². The summed E-state index contributed by atoms with van der Waals surface area (Å²) in [7, 11) is 1.67. The molecule has 1 fully saturated rings. The van der Waals surface area contributed by atoms with Crippen LogP contribution in [0.15, 0.2) is 59.7 Å². The van der Waals surface area contributed by atoms with Gasteiger partial charge in [0.05, 0.1) is 29.7 Å². The molecular weight excluding hydrogens is 430 g/mol. The number of halogens is 2. The van der Waals surface area contributed by atoms with Gasteiger partial charge in [-0.2, -0.15) is 13.9 Å². The highest BCUT2D eigenvalue weighted by Crippen LogP contribution is 2.28. The third-order valence-electron chi connectivity index (χ3n) is 6.17. The second-order valence-corrected chi connectivity index (χ2v) is 8.16. The van der Waals surface area contributed by atoms with Gasteiger partial charge in [0, 0.05) is 37.6 Å². The molecule has 1 aliphatic heterocycles. The normalized spacial score (nSPS) is 14.9. The molecule has 2 aromatic heterocycles. The lowest BCUT2D eigenvalue weighted by Gasteiger charge is -2.22. The molecule has 0 saturated carbocycles. The third kappa shape index (κ3) is 4.16. The van der Waals surface area contributed by atoms with E-state index >= 15 is 0 Å². The number of hydrogen-bond donors (Lipinski definition) is 0. The number of fused-ring (bicyclic) bond motifs is 1. The maximum Gasteiger partial charge on any atom is 0.387 e. The first kappa shape index (κ1) is 21.4. The van der Waals surface area contributed by atoms with Crippen molar-refractivity contribution in [3.63, 3.8) is 0 Å². The summed E-state index contributed by atoms with van der Waals surface area (Å²) in [5, 5.41) is 5.11. The first-order valence-corrected chi connectivity index (χ1v) is 10.9. The molecule has 0 amide bonds. The summed E-state index contributed by atoms with van der Waals surface area (Å²) >= 11 is 0. The molecular formula is C24H24F2N4O3. The Kier molecular flexibility index (Phi) is 5.72. The van der Waals surface area contributed by atoms with Gasteiger partial charge in [0.1, 0.15) is 5.75 Å². The minimum absolute atomic E-state index is 0.0932. The van der Waals surface area contributed by atoms with Gasteiger partial charge in [-0.1, -0.05) is 24.3 Å². The van der Waals surface area contributed by atoms with E-state index < -0.39 is 6.61 Å². The average molecular weight is 454 g/mol. The summed E-state index contributed by atoms with van der Waals surface area (Å²) in [6.45, 7) is -1.24. The van der Waals surface area contributed by atoms with Crippen LogP contribution in [0.25, 0.3) is 22.0 Å². The Bertz CT molecular complexity index is 1340. The van der Waals surface area contributed by atoms with Gasteiger partial charge in [-0.3, -0.25) is 18.8 Å². The number of benzene rings is 2. The van der Waals surface area contributed by atoms with Crippen LogP contribution in [-0.4, -0.2) is 39.0 Å². The van der Waals surface area contributed by atoms with Crippen molar-refractivity contribution in [1.29, 1.82) is 0 Å². The Morgan fingerprint density at radius 1 is 1.15 bits per heavy atom. The lowest BCUT2D eigenvalue weighted by atomic mass is 10.1. The van der Waals surface area contributed by atoms with E-state index in [0.717, 1.165) is 37.2 Å². The SMILES string of the molecule is Cn1c(=O)c2ccc(-c3cnn(C4CCOCC4)c3)cc2n1Cc1ccccc1OC(F)F. The van der Waals surface area contributed by atoms with Crippen molar-refractivity contribution in [3.05, 3.63) is 70.8 Å². The highest BCUT2D eigenvalue weighted by atomic mass is 19.3. The van der Waals surface area contributed by atoms with Gasteiger partial charge in [-0.15, -0.1) is 0 Å². The standard InChI is InChI=1S/C24H24F2N4O3/c1-28-23(31)20-7-6-16(18-13-27-29(14-18)19-8-10-32-11-9-19)12-21(20)30(28)15-17-4-2-3-5-22(17)33-24(25)26/h2-7,12-14,19,24H,8-11,15H2,1H3. The zero-order valence-corrected chi connectivity index (χ0v) is 18.2. The molecule has 0 bridgehead atoms. The molecule has 0 N–H and O–H groups in total. The first-order valence-electron chi connectivity index (χ1n) is 10.9. The van der Waals surface area contributed by atoms with Crippen LogP contribution in [0, 0.1) is 0 Å². The molecule has 7 nitrogen and oxygen atoms in total. The largest absolute Gasteiger partial charge is 0.434 e. The Morgan fingerprint density at radius 3 is 2.73 bits per heavy atom. The zero-order valence-electron chi connectivity index (χ0n) is 18.2. The quantitative estimate of drug-likeness (QED) is 0.438. The Morgan fingerprint density at radius 2 is 1.94 bits per heavy atom. The van der Waals surface area contributed by atoms with Crippen molar-refractivity contribution in [1.82, 2.24) is 19.1 Å². The number of alkyl halides is 2. The zero-order chi connectivity index (χ0) is 22.9. The molecule has 9 heteroatoms. The number of aromatic nitrogens is 4. The van der Waals surface area contributed by atoms with E-state index in [-0.39, 0.29) is 17.9 Å². The van der Waals surface area contributed by atoms with E-state index in [1.165, 1.54) is 10.7 Å². The molecule has 0 radical (unpaired) electrons. The van der Waals surface area contributed by atoms with Crippen LogP contribution in [0.5, 0.6) is 5.75 Å². The van der Waals surface area contributed by atoms with Crippen molar-refractivity contribution in [2.75, 3.05) is 13.2 Å². The summed E-state index contributed by atoms with van der Waals surface area (Å²) < 4.78 is 41.1. The molecule has 172 valence electrons. The molecule has 4 aromatic rings. The van der Waals surface area contributed by atoms with Gasteiger partial charge < -0.3 is 9.47 Å². The number of nitrogens with zero attached hydrogens (tertiary/aromatic N) is 4. The van der Waals surface area contributed by atoms with E-state index in [4.69, 9.17) is 4.74 Å². The van der Waals surface area contributed by atoms with Crippen LogP contribution >= 0.6 is 0 Å². The molecule has 0 atom stereocenters. The van der Waals surface area contributed by atoms with Gasteiger partial charge >= 0.3 is 6.61 Å². The van der Waals surface area contributed by atoms with Crippen molar-refractivity contribution in [2.24, 2.45) is 7.05 Å². The lowest BCUT2D eigenvalue weighted by Crippen LogP contribution is -2.20. The second-order valence-electron chi connectivity index (χ2n) is 8.16. The maximum absolute atomic E-state index is 12.9. The highest BCUT2D eigenvalue weighted by molar-refractivity contribution is 5.84. The molecule has 1 saturated heterocycles. The molecule has 0 aliphatic carbocycles. The predicted molar refractivity (Wildman–Crippen MR) is 120 cm³/mol. The van der Waals surface area contributed by atoms with Crippen LogP contribution in [0.3, 0.4) is 0 Å². The van der Waals surface area contributed by atoms with Crippen molar-refractivity contribution >= 4 is 10.9 Å². The van der Waals surface area contributed by atoms with Gasteiger partial charge in [-0.05, 0) is 36.6 Å². The maximum atomic E-state index is 12.9. The second kappa shape index (κ2) is 8.82. The Labute approximate surface area is 188 Å². The summed E-state index contributed by atoms with van der Waals surface area (Å²) in [4.78, 5) is 12.8. The van der Waals surface area contributed by atoms with Crippen LogP contribution in [0.2, 0.25) is 0 Å². The molecule has 5 rings (SSSR count). The molecule has 33 heavy (non-hydrogen) atoms. The summed E-state index contributed by atoms with van der Waals surface area (Å²) in [5.74, 6) is 0.0932. The van der Waals surface area contributed by atoms with Gasteiger partial charge in [-0.25, -0.2) is 0 Å².